The highest BCUT2D eigenvalue weighted by molar-refractivity contribution is 5.61. The summed E-state index contributed by atoms with van der Waals surface area (Å²) in [6.45, 7) is 9.61. The van der Waals surface area contributed by atoms with Gasteiger partial charge in [0.15, 0.2) is 0 Å². The predicted molar refractivity (Wildman–Crippen MR) is 78.4 cm³/mol. The van der Waals surface area contributed by atoms with Crippen molar-refractivity contribution in [1.82, 2.24) is 0 Å². The summed E-state index contributed by atoms with van der Waals surface area (Å²) in [5.74, 6) is 0.879. The van der Waals surface area contributed by atoms with Crippen molar-refractivity contribution in [2.24, 2.45) is 5.73 Å². The standard InChI is InChI=1S/C15H26N2O/c1-6-11(3)17(7-2)13-9-8-10-14(18-5)15(13)12(4)16/h8-12H,6-7,16H2,1-5H3. The molecular weight excluding hydrogens is 224 g/mol. The third kappa shape index (κ3) is 2.96. The van der Waals surface area contributed by atoms with Gasteiger partial charge in [-0.2, -0.15) is 0 Å². The zero-order valence-electron chi connectivity index (χ0n) is 12.2. The molecule has 0 saturated heterocycles. The lowest BCUT2D eigenvalue weighted by atomic mass is 10.0. The van der Waals surface area contributed by atoms with E-state index in [1.807, 2.05) is 19.1 Å². The van der Waals surface area contributed by atoms with Crippen molar-refractivity contribution in [1.29, 1.82) is 0 Å². The van der Waals surface area contributed by atoms with Crippen LogP contribution in [0.3, 0.4) is 0 Å². The summed E-state index contributed by atoms with van der Waals surface area (Å²) in [6, 6.07) is 6.61. The maximum atomic E-state index is 6.12. The summed E-state index contributed by atoms with van der Waals surface area (Å²) in [5.41, 5.74) is 8.41. The van der Waals surface area contributed by atoms with Crippen molar-refractivity contribution < 1.29 is 4.74 Å². The lowest BCUT2D eigenvalue weighted by molar-refractivity contribution is 0.406. The van der Waals surface area contributed by atoms with Crippen LogP contribution in [0.15, 0.2) is 18.2 Å². The number of anilines is 1. The summed E-state index contributed by atoms with van der Waals surface area (Å²) in [6.07, 6.45) is 1.11. The van der Waals surface area contributed by atoms with Gasteiger partial charge in [0.1, 0.15) is 5.75 Å². The van der Waals surface area contributed by atoms with E-state index >= 15 is 0 Å². The lowest BCUT2D eigenvalue weighted by Crippen LogP contribution is -2.33. The van der Waals surface area contributed by atoms with Crippen molar-refractivity contribution in [2.75, 3.05) is 18.6 Å². The molecular formula is C15H26N2O. The van der Waals surface area contributed by atoms with Gasteiger partial charge in [0.2, 0.25) is 0 Å². The number of nitrogens with two attached hydrogens (primary N) is 1. The molecule has 102 valence electrons. The fourth-order valence-corrected chi connectivity index (χ4v) is 2.36. The van der Waals surface area contributed by atoms with Gasteiger partial charge in [-0.15, -0.1) is 0 Å². The Morgan fingerprint density at radius 1 is 1.28 bits per heavy atom. The van der Waals surface area contributed by atoms with Gasteiger partial charge in [0, 0.05) is 29.9 Å². The largest absolute Gasteiger partial charge is 0.496 e. The number of ether oxygens (including phenoxy) is 1. The maximum absolute atomic E-state index is 6.12. The smallest absolute Gasteiger partial charge is 0.125 e. The molecule has 0 saturated carbocycles. The Morgan fingerprint density at radius 2 is 1.94 bits per heavy atom. The second-order valence-electron chi connectivity index (χ2n) is 4.73. The molecule has 3 nitrogen and oxygen atoms in total. The molecule has 0 bridgehead atoms. The highest BCUT2D eigenvalue weighted by atomic mass is 16.5. The van der Waals surface area contributed by atoms with E-state index < -0.39 is 0 Å². The average molecular weight is 250 g/mol. The third-order valence-electron chi connectivity index (χ3n) is 3.49. The van der Waals surface area contributed by atoms with Crippen LogP contribution < -0.4 is 15.4 Å². The SMILES string of the molecule is CCC(C)N(CC)c1cccc(OC)c1C(C)N. The van der Waals surface area contributed by atoms with Gasteiger partial charge in [-0.25, -0.2) is 0 Å². The van der Waals surface area contributed by atoms with Crippen LogP contribution in [0, 0.1) is 0 Å². The Bertz CT molecular complexity index is 377. The minimum absolute atomic E-state index is 0.0331. The van der Waals surface area contributed by atoms with Crippen LogP contribution in [0.2, 0.25) is 0 Å². The molecule has 0 radical (unpaired) electrons. The molecule has 0 aliphatic heterocycles. The van der Waals surface area contributed by atoms with Crippen molar-refractivity contribution in [3.05, 3.63) is 23.8 Å². The topological polar surface area (TPSA) is 38.5 Å². The van der Waals surface area contributed by atoms with E-state index in [1.165, 1.54) is 5.69 Å². The van der Waals surface area contributed by atoms with Gasteiger partial charge in [-0.1, -0.05) is 13.0 Å². The molecule has 0 amide bonds. The number of benzene rings is 1. The molecule has 1 aromatic carbocycles. The van der Waals surface area contributed by atoms with Crippen LogP contribution in [-0.4, -0.2) is 19.7 Å². The van der Waals surface area contributed by atoms with Crippen LogP contribution in [0.4, 0.5) is 5.69 Å². The Balaban J connectivity index is 3.29. The summed E-state index contributed by atoms with van der Waals surface area (Å²) >= 11 is 0. The number of nitrogens with zero attached hydrogens (tertiary/aromatic N) is 1. The van der Waals surface area contributed by atoms with Gasteiger partial charge in [-0.05, 0) is 39.3 Å². The number of rotatable bonds is 6. The quantitative estimate of drug-likeness (QED) is 0.841. The molecule has 1 rings (SSSR count). The van der Waals surface area contributed by atoms with Crippen LogP contribution in [0.25, 0.3) is 0 Å². The van der Waals surface area contributed by atoms with E-state index in [9.17, 15) is 0 Å². The lowest BCUT2D eigenvalue weighted by Gasteiger charge is -2.32. The minimum Gasteiger partial charge on any atom is -0.496 e. The first kappa shape index (κ1) is 14.8. The van der Waals surface area contributed by atoms with E-state index in [2.05, 4.69) is 31.7 Å². The fraction of sp³-hybridized carbons (Fsp3) is 0.600. The van der Waals surface area contributed by atoms with Gasteiger partial charge >= 0.3 is 0 Å². The molecule has 3 heteroatoms. The van der Waals surface area contributed by atoms with Crippen LogP contribution in [-0.2, 0) is 0 Å². The summed E-state index contributed by atoms with van der Waals surface area (Å²) < 4.78 is 5.45. The summed E-state index contributed by atoms with van der Waals surface area (Å²) in [7, 11) is 1.70. The highest BCUT2D eigenvalue weighted by Crippen LogP contribution is 2.34. The average Bonchev–Trinajstić information content (AvgIpc) is 2.38. The monoisotopic (exact) mass is 250 g/mol. The minimum atomic E-state index is -0.0331. The normalized spacial score (nSPS) is 14.1. The van der Waals surface area contributed by atoms with Crippen LogP contribution in [0.5, 0.6) is 5.75 Å². The number of hydrogen-bond acceptors (Lipinski definition) is 3. The second kappa shape index (κ2) is 6.64. The zero-order valence-corrected chi connectivity index (χ0v) is 12.2. The van der Waals surface area contributed by atoms with E-state index in [4.69, 9.17) is 10.5 Å². The van der Waals surface area contributed by atoms with Crippen LogP contribution in [0.1, 0.15) is 45.7 Å². The van der Waals surface area contributed by atoms with E-state index in [1.54, 1.807) is 7.11 Å². The summed E-state index contributed by atoms with van der Waals surface area (Å²) in [5, 5.41) is 0. The molecule has 0 spiro atoms. The van der Waals surface area contributed by atoms with E-state index in [0.29, 0.717) is 6.04 Å². The van der Waals surface area contributed by atoms with Gasteiger partial charge in [-0.3, -0.25) is 0 Å². The Kier molecular flexibility index (Phi) is 5.48. The molecule has 2 atom stereocenters. The first-order valence-corrected chi connectivity index (χ1v) is 6.75. The van der Waals surface area contributed by atoms with Gasteiger partial charge in [0.25, 0.3) is 0 Å². The number of methoxy groups -OCH3 is 1. The summed E-state index contributed by atoms with van der Waals surface area (Å²) in [4.78, 5) is 2.39. The van der Waals surface area contributed by atoms with Crippen molar-refractivity contribution >= 4 is 5.69 Å². The van der Waals surface area contributed by atoms with E-state index in [-0.39, 0.29) is 6.04 Å². The fourth-order valence-electron chi connectivity index (χ4n) is 2.36. The molecule has 0 aliphatic rings. The number of hydrogen-bond donors (Lipinski definition) is 1. The molecule has 0 aromatic heterocycles. The molecule has 18 heavy (non-hydrogen) atoms. The highest BCUT2D eigenvalue weighted by Gasteiger charge is 2.19. The first-order valence-electron chi connectivity index (χ1n) is 6.75. The zero-order chi connectivity index (χ0) is 13.7. The molecule has 0 fully saturated rings. The van der Waals surface area contributed by atoms with Crippen molar-refractivity contribution in [3.63, 3.8) is 0 Å². The first-order chi connectivity index (χ1) is 8.56. The molecule has 0 aliphatic carbocycles. The van der Waals surface area contributed by atoms with Gasteiger partial charge in [0.05, 0.1) is 7.11 Å². The Morgan fingerprint density at radius 3 is 2.39 bits per heavy atom. The molecule has 1 aromatic rings. The molecule has 0 heterocycles. The molecule has 2 unspecified atom stereocenters. The third-order valence-corrected chi connectivity index (χ3v) is 3.49. The Hall–Kier alpha value is -1.22. The van der Waals surface area contributed by atoms with Crippen molar-refractivity contribution in [3.8, 4) is 5.75 Å². The maximum Gasteiger partial charge on any atom is 0.125 e. The van der Waals surface area contributed by atoms with E-state index in [0.717, 1.165) is 24.3 Å². The van der Waals surface area contributed by atoms with Crippen LogP contribution >= 0.6 is 0 Å². The Labute approximate surface area is 111 Å². The van der Waals surface area contributed by atoms with Crippen molar-refractivity contribution in [2.45, 2.75) is 46.2 Å². The second-order valence-corrected chi connectivity index (χ2v) is 4.73. The van der Waals surface area contributed by atoms with Gasteiger partial charge < -0.3 is 15.4 Å². The predicted octanol–water partition coefficient (Wildman–Crippen LogP) is 3.34. The molecule has 2 N–H and O–H groups in total.